The fraction of sp³-hybridized carbons (Fsp3) is 0. The summed E-state index contributed by atoms with van der Waals surface area (Å²) in [7, 11) is -4.01. The molecular weight excluding hydrogens is 379 g/mol. The number of sulfonamides is 1. The number of rotatable bonds is 3. The minimum Gasteiger partial charge on any atom is -0.255 e. The Balaban J connectivity index is 1.99. The summed E-state index contributed by atoms with van der Waals surface area (Å²) in [6.45, 7) is 0. The second-order valence-electron chi connectivity index (χ2n) is 4.17. The van der Waals surface area contributed by atoms with Gasteiger partial charge in [0.25, 0.3) is 10.0 Å². The second-order valence-corrected chi connectivity index (χ2v) is 7.76. The molecule has 1 heterocycles. The smallest absolute Gasteiger partial charge is 0.255 e. The Morgan fingerprint density at radius 2 is 1.95 bits per heavy atom. The Morgan fingerprint density at radius 1 is 1.19 bits per heavy atom. The Bertz CT molecular complexity index is 892. The highest BCUT2D eigenvalue weighted by molar-refractivity contribution is 9.10. The van der Waals surface area contributed by atoms with Gasteiger partial charge >= 0.3 is 0 Å². The lowest BCUT2D eigenvalue weighted by atomic mass is 10.3. The van der Waals surface area contributed by atoms with Crippen LogP contribution in [0.1, 0.15) is 0 Å². The van der Waals surface area contributed by atoms with Gasteiger partial charge in [-0.05, 0) is 30.3 Å². The summed E-state index contributed by atoms with van der Waals surface area (Å²) in [4.78, 5) is 3.76. The number of benzene rings is 2. The molecule has 0 bridgehead atoms. The average Bonchev–Trinajstić information content (AvgIpc) is 2.79. The summed E-state index contributed by atoms with van der Waals surface area (Å²) in [6.07, 6.45) is 0. The Labute approximate surface area is 132 Å². The molecular formula is C13H8BrFN2O2S2. The third-order valence-electron chi connectivity index (χ3n) is 2.70. The molecule has 4 nitrogen and oxygen atoms in total. The van der Waals surface area contributed by atoms with Crippen LogP contribution in [0.2, 0.25) is 0 Å². The Hall–Kier alpha value is -1.51. The van der Waals surface area contributed by atoms with E-state index < -0.39 is 20.7 Å². The molecule has 3 aromatic rings. The molecule has 0 saturated carbocycles. The van der Waals surface area contributed by atoms with Crippen molar-refractivity contribution in [2.75, 3.05) is 4.72 Å². The highest BCUT2D eigenvalue weighted by Crippen LogP contribution is 2.28. The van der Waals surface area contributed by atoms with E-state index in [1.165, 1.54) is 23.5 Å². The summed E-state index contributed by atoms with van der Waals surface area (Å²) in [5.41, 5.74) is 0.691. The van der Waals surface area contributed by atoms with Crippen molar-refractivity contribution in [3.8, 4) is 0 Å². The van der Waals surface area contributed by atoms with Gasteiger partial charge in [-0.25, -0.2) is 17.8 Å². The molecule has 8 heteroatoms. The number of halogens is 2. The van der Waals surface area contributed by atoms with E-state index in [9.17, 15) is 12.8 Å². The molecule has 0 unspecified atom stereocenters. The van der Waals surface area contributed by atoms with Crippen molar-refractivity contribution in [1.29, 1.82) is 0 Å². The Morgan fingerprint density at radius 3 is 2.67 bits per heavy atom. The summed E-state index contributed by atoms with van der Waals surface area (Å²) >= 11 is 4.28. The van der Waals surface area contributed by atoms with E-state index in [-0.39, 0.29) is 5.13 Å². The number of hydrogen-bond donors (Lipinski definition) is 1. The SMILES string of the molecule is O=S(=O)(Nc1nc2ccccc2s1)c1ccc(Br)cc1F. The first kappa shape index (κ1) is 14.4. The molecule has 3 rings (SSSR count). The maximum atomic E-state index is 13.8. The van der Waals surface area contributed by atoms with Crippen LogP contribution in [-0.2, 0) is 10.0 Å². The average molecular weight is 387 g/mol. The number of para-hydroxylation sites is 1. The molecule has 0 aliphatic carbocycles. The molecule has 0 aliphatic rings. The lowest BCUT2D eigenvalue weighted by Gasteiger charge is -2.06. The van der Waals surface area contributed by atoms with Crippen molar-refractivity contribution in [3.05, 3.63) is 52.8 Å². The van der Waals surface area contributed by atoms with Crippen molar-refractivity contribution in [1.82, 2.24) is 4.98 Å². The maximum absolute atomic E-state index is 13.8. The first-order chi connectivity index (χ1) is 9.95. The number of aromatic nitrogens is 1. The van der Waals surface area contributed by atoms with Gasteiger partial charge < -0.3 is 0 Å². The van der Waals surface area contributed by atoms with E-state index in [1.54, 1.807) is 6.07 Å². The first-order valence-electron chi connectivity index (χ1n) is 5.79. The van der Waals surface area contributed by atoms with Crippen LogP contribution < -0.4 is 4.72 Å². The number of fused-ring (bicyclic) bond motifs is 1. The number of nitrogens with zero attached hydrogens (tertiary/aromatic N) is 1. The zero-order valence-corrected chi connectivity index (χ0v) is 13.6. The Kier molecular flexibility index (Phi) is 3.68. The van der Waals surface area contributed by atoms with Crippen molar-refractivity contribution >= 4 is 52.6 Å². The van der Waals surface area contributed by atoms with Crippen LogP contribution in [0.5, 0.6) is 0 Å². The predicted octanol–water partition coefficient (Wildman–Crippen LogP) is 4.00. The third kappa shape index (κ3) is 2.92. The van der Waals surface area contributed by atoms with Gasteiger partial charge in [-0.15, -0.1) is 0 Å². The highest BCUT2D eigenvalue weighted by Gasteiger charge is 2.20. The van der Waals surface area contributed by atoms with Gasteiger partial charge in [0.15, 0.2) is 5.13 Å². The van der Waals surface area contributed by atoms with E-state index in [0.717, 1.165) is 10.8 Å². The molecule has 0 atom stereocenters. The van der Waals surface area contributed by atoms with E-state index in [1.807, 2.05) is 18.2 Å². The zero-order valence-electron chi connectivity index (χ0n) is 10.4. The predicted molar refractivity (Wildman–Crippen MR) is 84.5 cm³/mol. The van der Waals surface area contributed by atoms with E-state index >= 15 is 0 Å². The lowest BCUT2D eigenvalue weighted by Crippen LogP contribution is -2.14. The van der Waals surface area contributed by atoms with Gasteiger partial charge in [0, 0.05) is 4.47 Å². The standard InChI is InChI=1S/C13H8BrFN2O2S2/c14-8-5-6-12(9(15)7-8)21(18,19)17-13-16-10-3-1-2-4-11(10)20-13/h1-7H,(H,16,17). The van der Waals surface area contributed by atoms with Gasteiger partial charge in [-0.1, -0.05) is 39.4 Å². The first-order valence-corrected chi connectivity index (χ1v) is 8.88. The van der Waals surface area contributed by atoms with Crippen LogP contribution in [0.25, 0.3) is 10.2 Å². The van der Waals surface area contributed by atoms with Crippen LogP contribution in [0.4, 0.5) is 9.52 Å². The summed E-state index contributed by atoms with van der Waals surface area (Å²) < 4.78 is 41.8. The number of thiazole rings is 1. The van der Waals surface area contributed by atoms with Crippen LogP contribution in [0.15, 0.2) is 51.8 Å². The molecule has 0 fully saturated rings. The van der Waals surface area contributed by atoms with Crippen molar-refractivity contribution in [3.63, 3.8) is 0 Å². The molecule has 108 valence electrons. The molecule has 2 aromatic carbocycles. The second kappa shape index (κ2) is 5.36. The number of anilines is 1. The highest BCUT2D eigenvalue weighted by atomic mass is 79.9. The minimum atomic E-state index is -4.01. The van der Waals surface area contributed by atoms with Gasteiger partial charge in [-0.2, -0.15) is 0 Å². The molecule has 1 aromatic heterocycles. The van der Waals surface area contributed by atoms with Gasteiger partial charge in [0.2, 0.25) is 0 Å². The number of nitrogens with one attached hydrogen (secondary N) is 1. The minimum absolute atomic E-state index is 0.207. The molecule has 0 radical (unpaired) electrons. The van der Waals surface area contributed by atoms with E-state index in [2.05, 4.69) is 25.6 Å². The van der Waals surface area contributed by atoms with Gasteiger partial charge in [0.05, 0.1) is 10.2 Å². The monoisotopic (exact) mass is 386 g/mol. The quantitative estimate of drug-likeness (QED) is 0.739. The van der Waals surface area contributed by atoms with Gasteiger partial charge in [-0.3, -0.25) is 4.72 Å². The van der Waals surface area contributed by atoms with Crippen molar-refractivity contribution in [2.45, 2.75) is 4.90 Å². The van der Waals surface area contributed by atoms with Crippen molar-refractivity contribution in [2.24, 2.45) is 0 Å². The normalized spacial score (nSPS) is 11.7. The molecule has 0 amide bonds. The molecule has 21 heavy (non-hydrogen) atoms. The van der Waals surface area contributed by atoms with Crippen LogP contribution in [0, 0.1) is 5.82 Å². The summed E-state index contributed by atoms with van der Waals surface area (Å²) in [5, 5.41) is 0.207. The zero-order chi connectivity index (χ0) is 15.0. The van der Waals surface area contributed by atoms with E-state index in [0.29, 0.717) is 9.99 Å². The van der Waals surface area contributed by atoms with Crippen molar-refractivity contribution < 1.29 is 12.8 Å². The van der Waals surface area contributed by atoms with E-state index in [4.69, 9.17) is 0 Å². The maximum Gasteiger partial charge on any atom is 0.266 e. The molecule has 0 saturated heterocycles. The van der Waals surface area contributed by atoms with Gasteiger partial charge in [0.1, 0.15) is 10.7 Å². The summed E-state index contributed by atoms with van der Waals surface area (Å²) in [5.74, 6) is -0.821. The summed E-state index contributed by atoms with van der Waals surface area (Å²) in [6, 6.07) is 11.1. The third-order valence-corrected chi connectivity index (χ3v) is 5.65. The molecule has 0 aliphatic heterocycles. The number of hydrogen-bond acceptors (Lipinski definition) is 4. The molecule has 1 N–H and O–H groups in total. The van der Waals surface area contributed by atoms with Crippen LogP contribution in [0.3, 0.4) is 0 Å². The topological polar surface area (TPSA) is 59.1 Å². The lowest BCUT2D eigenvalue weighted by molar-refractivity contribution is 0.570. The molecule has 0 spiro atoms. The fourth-order valence-electron chi connectivity index (χ4n) is 1.78. The fourth-order valence-corrected chi connectivity index (χ4v) is 4.27. The van der Waals surface area contributed by atoms with Crippen LogP contribution in [-0.4, -0.2) is 13.4 Å². The van der Waals surface area contributed by atoms with Crippen LogP contribution >= 0.6 is 27.3 Å². The largest absolute Gasteiger partial charge is 0.266 e.